The van der Waals surface area contributed by atoms with Crippen LogP contribution in [0, 0.1) is 17.7 Å². The molecule has 0 aliphatic carbocycles. The van der Waals surface area contributed by atoms with Gasteiger partial charge in [-0.1, -0.05) is 38.4 Å². The Morgan fingerprint density at radius 3 is 2.61 bits per heavy atom. The van der Waals surface area contributed by atoms with Gasteiger partial charge < -0.3 is 5.32 Å². The van der Waals surface area contributed by atoms with Gasteiger partial charge in [0.05, 0.1) is 0 Å². The van der Waals surface area contributed by atoms with Crippen LogP contribution in [0.2, 0.25) is 5.02 Å². The summed E-state index contributed by atoms with van der Waals surface area (Å²) in [4.78, 5) is 0. The summed E-state index contributed by atoms with van der Waals surface area (Å²) in [6.07, 6.45) is 1.91. The average Bonchev–Trinajstić information content (AvgIpc) is 2.32. The lowest BCUT2D eigenvalue weighted by molar-refractivity contribution is 0.362. The molecule has 0 aliphatic rings. The van der Waals surface area contributed by atoms with E-state index in [1.165, 1.54) is 6.07 Å². The first-order chi connectivity index (χ1) is 8.54. The van der Waals surface area contributed by atoms with Crippen LogP contribution in [0.3, 0.4) is 0 Å². The second-order valence-corrected chi connectivity index (χ2v) is 5.53. The molecule has 0 aliphatic heterocycles. The minimum absolute atomic E-state index is 0.192. The van der Waals surface area contributed by atoms with Crippen molar-refractivity contribution in [1.82, 2.24) is 5.32 Å². The smallest absolute Gasteiger partial charge is 0.127 e. The Morgan fingerprint density at radius 1 is 1.28 bits per heavy atom. The third-order valence-corrected chi connectivity index (χ3v) is 3.66. The lowest BCUT2D eigenvalue weighted by atomic mass is 9.89. The highest BCUT2D eigenvalue weighted by Gasteiger charge is 2.14. The van der Waals surface area contributed by atoms with Crippen LogP contribution in [-0.2, 0) is 6.42 Å². The summed E-state index contributed by atoms with van der Waals surface area (Å²) in [5.41, 5.74) is 0.759. The van der Waals surface area contributed by atoms with Crippen molar-refractivity contribution in [3.05, 3.63) is 34.6 Å². The van der Waals surface area contributed by atoms with Crippen molar-refractivity contribution in [1.29, 1.82) is 0 Å². The van der Waals surface area contributed by atoms with Gasteiger partial charge in [0.1, 0.15) is 5.82 Å². The molecule has 0 fully saturated rings. The fraction of sp³-hybridized carbons (Fsp3) is 0.600. The number of hydrogen-bond donors (Lipinski definition) is 1. The molecule has 0 heterocycles. The third kappa shape index (κ3) is 4.95. The molecule has 0 saturated heterocycles. The van der Waals surface area contributed by atoms with E-state index in [9.17, 15) is 4.39 Å². The monoisotopic (exact) mass is 271 g/mol. The van der Waals surface area contributed by atoms with E-state index in [0.29, 0.717) is 16.9 Å². The molecule has 0 saturated carbocycles. The van der Waals surface area contributed by atoms with Crippen LogP contribution < -0.4 is 5.32 Å². The Bertz CT molecular complexity index is 368. The summed E-state index contributed by atoms with van der Waals surface area (Å²) >= 11 is 5.75. The van der Waals surface area contributed by atoms with Crippen molar-refractivity contribution >= 4 is 11.6 Å². The van der Waals surface area contributed by atoms with Crippen molar-refractivity contribution < 1.29 is 4.39 Å². The van der Waals surface area contributed by atoms with Gasteiger partial charge in [-0.3, -0.25) is 0 Å². The first kappa shape index (κ1) is 15.5. The van der Waals surface area contributed by atoms with Crippen molar-refractivity contribution in [2.75, 3.05) is 13.1 Å². The van der Waals surface area contributed by atoms with E-state index in [2.05, 4.69) is 26.1 Å². The molecule has 1 N–H and O–H groups in total. The molecule has 2 unspecified atom stereocenters. The van der Waals surface area contributed by atoms with Crippen LogP contribution in [0.15, 0.2) is 18.2 Å². The molecule has 1 aromatic rings. The first-order valence-electron chi connectivity index (χ1n) is 6.69. The first-order valence-corrected chi connectivity index (χ1v) is 7.07. The SMILES string of the molecule is CCCNCC(C)C(C)Cc1ccc(Cl)cc1F. The minimum atomic E-state index is -0.192. The molecule has 0 amide bonds. The lowest BCUT2D eigenvalue weighted by Crippen LogP contribution is -2.26. The van der Waals surface area contributed by atoms with Crippen LogP contribution in [0.25, 0.3) is 0 Å². The van der Waals surface area contributed by atoms with E-state index in [0.717, 1.165) is 31.5 Å². The number of nitrogens with one attached hydrogen (secondary N) is 1. The molecule has 2 atom stereocenters. The molecular weight excluding hydrogens is 249 g/mol. The molecule has 1 aromatic carbocycles. The quantitative estimate of drug-likeness (QED) is 0.730. The number of rotatable bonds is 7. The molecule has 102 valence electrons. The van der Waals surface area contributed by atoms with E-state index in [1.54, 1.807) is 12.1 Å². The van der Waals surface area contributed by atoms with Crippen molar-refractivity contribution in [2.24, 2.45) is 11.8 Å². The van der Waals surface area contributed by atoms with Gasteiger partial charge in [-0.25, -0.2) is 4.39 Å². The van der Waals surface area contributed by atoms with Crippen LogP contribution in [0.5, 0.6) is 0 Å². The van der Waals surface area contributed by atoms with Gasteiger partial charge in [0, 0.05) is 5.02 Å². The third-order valence-electron chi connectivity index (χ3n) is 3.42. The van der Waals surface area contributed by atoms with E-state index >= 15 is 0 Å². The number of benzene rings is 1. The zero-order valence-electron chi connectivity index (χ0n) is 11.5. The van der Waals surface area contributed by atoms with Gasteiger partial charge in [0.15, 0.2) is 0 Å². The Morgan fingerprint density at radius 2 is 2.00 bits per heavy atom. The Hall–Kier alpha value is -0.600. The molecule has 3 heteroatoms. The van der Waals surface area contributed by atoms with Gasteiger partial charge >= 0.3 is 0 Å². The molecule has 1 rings (SSSR count). The van der Waals surface area contributed by atoms with Crippen LogP contribution in [0.4, 0.5) is 4.39 Å². The summed E-state index contributed by atoms with van der Waals surface area (Å²) in [5.74, 6) is 0.791. The molecule has 0 radical (unpaired) electrons. The highest BCUT2D eigenvalue weighted by atomic mass is 35.5. The number of halogens is 2. The molecule has 0 aromatic heterocycles. The molecule has 1 nitrogen and oxygen atoms in total. The molecule has 0 bridgehead atoms. The molecule has 0 spiro atoms. The summed E-state index contributed by atoms with van der Waals surface area (Å²) < 4.78 is 13.7. The Labute approximate surface area is 115 Å². The second kappa shape index (κ2) is 7.75. The van der Waals surface area contributed by atoms with E-state index < -0.39 is 0 Å². The summed E-state index contributed by atoms with van der Waals surface area (Å²) in [7, 11) is 0. The maximum absolute atomic E-state index is 13.7. The fourth-order valence-electron chi connectivity index (χ4n) is 1.94. The van der Waals surface area contributed by atoms with Gasteiger partial charge in [-0.2, -0.15) is 0 Å². The zero-order valence-corrected chi connectivity index (χ0v) is 12.2. The Balaban J connectivity index is 2.50. The van der Waals surface area contributed by atoms with Crippen LogP contribution in [0.1, 0.15) is 32.8 Å². The van der Waals surface area contributed by atoms with Crippen molar-refractivity contribution in [3.63, 3.8) is 0 Å². The van der Waals surface area contributed by atoms with E-state index in [1.807, 2.05) is 0 Å². The molecular formula is C15H23ClFN. The minimum Gasteiger partial charge on any atom is -0.316 e. The lowest BCUT2D eigenvalue weighted by Gasteiger charge is -2.20. The number of hydrogen-bond acceptors (Lipinski definition) is 1. The van der Waals surface area contributed by atoms with Crippen molar-refractivity contribution in [3.8, 4) is 0 Å². The molecule has 18 heavy (non-hydrogen) atoms. The summed E-state index contributed by atoms with van der Waals surface area (Å²) in [6, 6.07) is 4.94. The van der Waals surface area contributed by atoms with Crippen LogP contribution in [-0.4, -0.2) is 13.1 Å². The second-order valence-electron chi connectivity index (χ2n) is 5.10. The van der Waals surface area contributed by atoms with E-state index in [4.69, 9.17) is 11.6 Å². The van der Waals surface area contributed by atoms with Crippen LogP contribution >= 0.6 is 11.6 Å². The maximum atomic E-state index is 13.7. The highest BCUT2D eigenvalue weighted by molar-refractivity contribution is 6.30. The zero-order chi connectivity index (χ0) is 13.5. The predicted octanol–water partition coefficient (Wildman–Crippen LogP) is 4.29. The van der Waals surface area contributed by atoms with E-state index in [-0.39, 0.29) is 5.82 Å². The summed E-state index contributed by atoms with van der Waals surface area (Å²) in [5, 5.41) is 3.87. The predicted molar refractivity (Wildman–Crippen MR) is 76.6 cm³/mol. The van der Waals surface area contributed by atoms with Gasteiger partial charge in [0.2, 0.25) is 0 Å². The normalized spacial score (nSPS) is 14.5. The summed E-state index contributed by atoms with van der Waals surface area (Å²) in [6.45, 7) is 8.58. The van der Waals surface area contributed by atoms with Gasteiger partial charge in [-0.05, 0) is 55.5 Å². The fourth-order valence-corrected chi connectivity index (χ4v) is 2.10. The standard InChI is InChI=1S/C15H23ClFN/c1-4-7-18-10-12(3)11(2)8-13-5-6-14(16)9-15(13)17/h5-6,9,11-12,18H,4,7-8,10H2,1-3H3. The largest absolute Gasteiger partial charge is 0.316 e. The average molecular weight is 272 g/mol. The van der Waals surface area contributed by atoms with Gasteiger partial charge in [0.25, 0.3) is 0 Å². The van der Waals surface area contributed by atoms with Gasteiger partial charge in [-0.15, -0.1) is 0 Å². The highest BCUT2D eigenvalue weighted by Crippen LogP contribution is 2.21. The topological polar surface area (TPSA) is 12.0 Å². The van der Waals surface area contributed by atoms with Crippen molar-refractivity contribution in [2.45, 2.75) is 33.6 Å². The maximum Gasteiger partial charge on any atom is 0.127 e. The Kier molecular flexibility index (Phi) is 6.66.